The van der Waals surface area contributed by atoms with Crippen LogP contribution in [0.4, 0.5) is 0 Å². The summed E-state index contributed by atoms with van der Waals surface area (Å²) in [5.41, 5.74) is 0.231. The highest BCUT2D eigenvalue weighted by atomic mass is 79.9. The zero-order valence-corrected chi connectivity index (χ0v) is 14.6. The van der Waals surface area contributed by atoms with Crippen LogP contribution in [0.5, 0.6) is 5.75 Å². The van der Waals surface area contributed by atoms with Crippen molar-refractivity contribution < 1.29 is 4.74 Å². The first kappa shape index (κ1) is 13.9. The van der Waals surface area contributed by atoms with Crippen molar-refractivity contribution in [2.45, 2.75) is 37.6 Å². The van der Waals surface area contributed by atoms with E-state index < -0.39 is 0 Å². The molecule has 3 unspecified atom stereocenters. The SMILES string of the molecule is CCC1(C)C(Br)CC1Oc1c(Br)cccc1Br. The fraction of sp³-hybridized carbons (Fsp3) is 0.538. The third-order valence-electron chi connectivity index (χ3n) is 3.81. The third-order valence-corrected chi connectivity index (χ3v) is 6.48. The number of hydrogen-bond donors (Lipinski definition) is 0. The number of alkyl halides is 1. The molecule has 0 aliphatic heterocycles. The summed E-state index contributed by atoms with van der Waals surface area (Å²) in [7, 11) is 0. The van der Waals surface area contributed by atoms with E-state index in [1.807, 2.05) is 18.2 Å². The van der Waals surface area contributed by atoms with Crippen LogP contribution in [0.3, 0.4) is 0 Å². The second-order valence-electron chi connectivity index (χ2n) is 4.72. The highest BCUT2D eigenvalue weighted by Gasteiger charge is 2.51. The van der Waals surface area contributed by atoms with Crippen LogP contribution in [-0.2, 0) is 0 Å². The van der Waals surface area contributed by atoms with Crippen molar-refractivity contribution in [3.8, 4) is 5.75 Å². The van der Waals surface area contributed by atoms with Gasteiger partial charge in [-0.1, -0.05) is 35.8 Å². The highest BCUT2D eigenvalue weighted by molar-refractivity contribution is 9.11. The topological polar surface area (TPSA) is 9.23 Å². The van der Waals surface area contributed by atoms with Crippen LogP contribution in [0, 0.1) is 5.41 Å². The van der Waals surface area contributed by atoms with Gasteiger partial charge in [-0.3, -0.25) is 0 Å². The second kappa shape index (κ2) is 5.22. The highest BCUT2D eigenvalue weighted by Crippen LogP contribution is 2.51. The molecule has 0 bridgehead atoms. The van der Waals surface area contributed by atoms with E-state index in [0.29, 0.717) is 4.83 Å². The van der Waals surface area contributed by atoms with Gasteiger partial charge in [0.15, 0.2) is 0 Å². The normalized spacial score (nSPS) is 32.1. The first-order chi connectivity index (χ1) is 7.99. The summed E-state index contributed by atoms with van der Waals surface area (Å²) >= 11 is 10.8. The minimum absolute atomic E-state index is 0.231. The molecule has 1 aromatic carbocycles. The molecule has 0 amide bonds. The Morgan fingerprint density at radius 1 is 1.35 bits per heavy atom. The molecule has 0 saturated heterocycles. The maximum Gasteiger partial charge on any atom is 0.148 e. The van der Waals surface area contributed by atoms with E-state index in [-0.39, 0.29) is 11.5 Å². The van der Waals surface area contributed by atoms with Crippen LogP contribution in [0.15, 0.2) is 27.1 Å². The smallest absolute Gasteiger partial charge is 0.148 e. The zero-order chi connectivity index (χ0) is 12.6. The van der Waals surface area contributed by atoms with Crippen molar-refractivity contribution in [3.05, 3.63) is 27.1 Å². The standard InChI is InChI=1S/C13H15Br3O/c1-3-13(2)10(16)7-11(13)17-12-8(14)5-4-6-9(12)15/h4-6,10-11H,3,7H2,1-2H3. The molecule has 94 valence electrons. The Kier molecular flexibility index (Phi) is 4.26. The lowest BCUT2D eigenvalue weighted by Gasteiger charge is -2.50. The van der Waals surface area contributed by atoms with Crippen LogP contribution >= 0.6 is 47.8 Å². The van der Waals surface area contributed by atoms with Crippen LogP contribution in [0.1, 0.15) is 26.7 Å². The molecule has 0 spiro atoms. The average molecular weight is 427 g/mol. The van der Waals surface area contributed by atoms with Crippen molar-refractivity contribution in [2.24, 2.45) is 5.41 Å². The Morgan fingerprint density at radius 3 is 2.41 bits per heavy atom. The summed E-state index contributed by atoms with van der Waals surface area (Å²) < 4.78 is 8.17. The minimum atomic E-state index is 0.231. The van der Waals surface area contributed by atoms with Crippen molar-refractivity contribution in [1.29, 1.82) is 0 Å². The Bertz CT molecular complexity index is 401. The van der Waals surface area contributed by atoms with Crippen LogP contribution in [-0.4, -0.2) is 10.9 Å². The van der Waals surface area contributed by atoms with Crippen LogP contribution in [0.25, 0.3) is 0 Å². The summed E-state index contributed by atoms with van der Waals surface area (Å²) in [6, 6.07) is 6.01. The molecule has 1 saturated carbocycles. The number of hydrogen-bond acceptors (Lipinski definition) is 1. The average Bonchev–Trinajstić information content (AvgIpc) is 2.31. The monoisotopic (exact) mass is 424 g/mol. The molecule has 1 aliphatic carbocycles. The molecule has 4 heteroatoms. The lowest BCUT2D eigenvalue weighted by Crippen LogP contribution is -2.54. The molecular weight excluding hydrogens is 412 g/mol. The predicted molar refractivity (Wildman–Crippen MR) is 82.0 cm³/mol. The number of halogens is 3. The molecule has 0 aromatic heterocycles. The van der Waals surface area contributed by atoms with E-state index >= 15 is 0 Å². The van der Waals surface area contributed by atoms with E-state index in [1.165, 1.54) is 0 Å². The molecule has 0 N–H and O–H groups in total. The molecule has 17 heavy (non-hydrogen) atoms. The van der Waals surface area contributed by atoms with E-state index in [1.54, 1.807) is 0 Å². The van der Waals surface area contributed by atoms with Gasteiger partial charge in [-0.05, 0) is 56.8 Å². The Labute approximate surface area is 128 Å². The molecule has 0 radical (unpaired) electrons. The largest absolute Gasteiger partial charge is 0.487 e. The molecule has 1 fully saturated rings. The minimum Gasteiger partial charge on any atom is -0.487 e. The Hall–Kier alpha value is 0.460. The summed E-state index contributed by atoms with van der Waals surface area (Å²) in [5.74, 6) is 0.913. The van der Waals surface area contributed by atoms with Gasteiger partial charge >= 0.3 is 0 Å². The van der Waals surface area contributed by atoms with Crippen molar-refractivity contribution >= 4 is 47.8 Å². The summed E-state index contributed by atoms with van der Waals surface area (Å²) in [6.07, 6.45) is 2.47. The van der Waals surface area contributed by atoms with Gasteiger partial charge in [-0.25, -0.2) is 0 Å². The number of benzene rings is 1. The maximum atomic E-state index is 6.17. The summed E-state index contributed by atoms with van der Waals surface area (Å²) in [4.78, 5) is 0.561. The predicted octanol–water partition coefficient (Wildman–Crippen LogP) is 5.54. The van der Waals surface area contributed by atoms with E-state index in [4.69, 9.17) is 4.74 Å². The fourth-order valence-electron chi connectivity index (χ4n) is 2.14. The van der Waals surface area contributed by atoms with Crippen molar-refractivity contribution in [3.63, 3.8) is 0 Å². The van der Waals surface area contributed by atoms with Crippen LogP contribution < -0.4 is 4.74 Å². The third kappa shape index (κ3) is 2.45. The Balaban J connectivity index is 2.18. The van der Waals surface area contributed by atoms with Crippen molar-refractivity contribution in [1.82, 2.24) is 0 Å². The van der Waals surface area contributed by atoms with E-state index in [2.05, 4.69) is 61.6 Å². The molecule has 2 rings (SSSR count). The van der Waals surface area contributed by atoms with Crippen LogP contribution in [0.2, 0.25) is 0 Å². The number of para-hydroxylation sites is 1. The van der Waals surface area contributed by atoms with Gasteiger partial charge in [0.2, 0.25) is 0 Å². The quantitative estimate of drug-likeness (QED) is 0.576. The lowest BCUT2D eigenvalue weighted by atomic mass is 9.65. The molecule has 1 nitrogen and oxygen atoms in total. The van der Waals surface area contributed by atoms with Gasteiger partial charge in [0.05, 0.1) is 8.95 Å². The Morgan fingerprint density at radius 2 is 1.94 bits per heavy atom. The van der Waals surface area contributed by atoms with Gasteiger partial charge in [0.25, 0.3) is 0 Å². The summed E-state index contributed by atoms with van der Waals surface area (Å²) in [5, 5.41) is 0. The fourth-order valence-corrected chi connectivity index (χ4v) is 4.28. The van der Waals surface area contributed by atoms with Gasteiger partial charge in [0, 0.05) is 10.2 Å². The molecule has 1 aliphatic rings. The molecular formula is C13H15Br3O. The van der Waals surface area contributed by atoms with Gasteiger partial charge < -0.3 is 4.74 Å². The first-order valence-electron chi connectivity index (χ1n) is 5.73. The first-order valence-corrected chi connectivity index (χ1v) is 8.24. The molecule has 3 atom stereocenters. The second-order valence-corrected chi connectivity index (χ2v) is 7.53. The number of rotatable bonds is 3. The molecule has 0 heterocycles. The van der Waals surface area contributed by atoms with E-state index in [9.17, 15) is 0 Å². The lowest BCUT2D eigenvalue weighted by molar-refractivity contribution is -0.0252. The van der Waals surface area contributed by atoms with Gasteiger partial charge in [0.1, 0.15) is 11.9 Å². The van der Waals surface area contributed by atoms with Gasteiger partial charge in [-0.15, -0.1) is 0 Å². The van der Waals surface area contributed by atoms with E-state index in [0.717, 1.165) is 27.5 Å². The maximum absolute atomic E-state index is 6.17. The van der Waals surface area contributed by atoms with Crippen molar-refractivity contribution in [2.75, 3.05) is 0 Å². The number of ether oxygens (including phenoxy) is 1. The zero-order valence-electron chi connectivity index (χ0n) is 9.84. The molecule has 1 aromatic rings. The summed E-state index contributed by atoms with van der Waals surface area (Å²) in [6.45, 7) is 4.50. The van der Waals surface area contributed by atoms with Gasteiger partial charge in [-0.2, -0.15) is 0 Å².